The van der Waals surface area contributed by atoms with Gasteiger partial charge in [0, 0.05) is 12.5 Å². The van der Waals surface area contributed by atoms with Crippen LogP contribution >= 0.6 is 0 Å². The van der Waals surface area contributed by atoms with Gasteiger partial charge < -0.3 is 9.47 Å². The number of ether oxygens (including phenoxy) is 2. The maximum atomic E-state index is 5.66. The number of hydrogen-bond donors (Lipinski definition) is 0. The molecule has 1 heterocycles. The van der Waals surface area contributed by atoms with Crippen LogP contribution in [0.15, 0.2) is 30.3 Å². The Morgan fingerprint density at radius 1 is 1.00 bits per heavy atom. The molecule has 0 atom stereocenters. The van der Waals surface area contributed by atoms with Crippen molar-refractivity contribution in [1.29, 1.82) is 0 Å². The van der Waals surface area contributed by atoms with Crippen LogP contribution in [0.5, 0.6) is 0 Å². The van der Waals surface area contributed by atoms with E-state index in [4.69, 9.17) is 9.47 Å². The summed E-state index contributed by atoms with van der Waals surface area (Å²) in [5.41, 5.74) is 1.27. The highest BCUT2D eigenvalue weighted by Gasteiger charge is 2.16. The highest BCUT2D eigenvalue weighted by Crippen LogP contribution is 2.18. The van der Waals surface area contributed by atoms with E-state index in [-0.39, 0.29) is 0 Å². The first-order valence-electron chi connectivity index (χ1n) is 7.14. The molecule has 0 saturated carbocycles. The fraction of sp³-hybridized carbons (Fsp3) is 0.625. The van der Waals surface area contributed by atoms with Crippen molar-refractivity contribution in [3.63, 3.8) is 0 Å². The highest BCUT2D eigenvalue weighted by molar-refractivity contribution is 5.13. The second-order valence-corrected chi connectivity index (χ2v) is 5.14. The molecule has 0 aromatic heterocycles. The second-order valence-electron chi connectivity index (χ2n) is 5.14. The first-order valence-corrected chi connectivity index (χ1v) is 7.14. The quantitative estimate of drug-likeness (QED) is 0.619. The van der Waals surface area contributed by atoms with Crippen LogP contribution in [0, 0.1) is 5.92 Å². The lowest BCUT2D eigenvalue weighted by Gasteiger charge is -2.25. The van der Waals surface area contributed by atoms with E-state index in [1.165, 1.54) is 37.7 Å². The second kappa shape index (κ2) is 8.28. The van der Waals surface area contributed by atoms with Crippen molar-refractivity contribution in [2.45, 2.75) is 38.7 Å². The lowest BCUT2D eigenvalue weighted by atomic mass is 9.99. The molecule has 0 aliphatic carbocycles. The van der Waals surface area contributed by atoms with Gasteiger partial charge in [-0.15, -0.1) is 0 Å². The third kappa shape index (κ3) is 5.19. The Labute approximate surface area is 110 Å². The zero-order valence-electron chi connectivity index (χ0n) is 11.1. The monoisotopic (exact) mass is 248 g/mol. The Kier molecular flexibility index (Phi) is 6.24. The van der Waals surface area contributed by atoms with Gasteiger partial charge in [-0.3, -0.25) is 0 Å². The minimum atomic E-state index is 0.750. The van der Waals surface area contributed by atoms with E-state index in [9.17, 15) is 0 Å². The molecule has 1 aliphatic heterocycles. The SMILES string of the molecule is c1ccc(COCCCCCCC2COC2)cc1. The van der Waals surface area contributed by atoms with Crippen LogP contribution in [0.1, 0.15) is 37.7 Å². The first kappa shape index (κ1) is 13.6. The Bertz CT molecular complexity index is 306. The Morgan fingerprint density at radius 2 is 1.78 bits per heavy atom. The predicted molar refractivity (Wildman–Crippen MR) is 73.5 cm³/mol. The van der Waals surface area contributed by atoms with Gasteiger partial charge in [0.05, 0.1) is 19.8 Å². The van der Waals surface area contributed by atoms with Crippen LogP contribution < -0.4 is 0 Å². The molecule has 0 unspecified atom stereocenters. The van der Waals surface area contributed by atoms with Gasteiger partial charge in [-0.05, 0) is 18.4 Å². The summed E-state index contributed by atoms with van der Waals surface area (Å²) in [6.07, 6.45) is 6.53. The summed E-state index contributed by atoms with van der Waals surface area (Å²) in [7, 11) is 0. The molecular weight excluding hydrogens is 224 g/mol. The van der Waals surface area contributed by atoms with Gasteiger partial charge in [-0.25, -0.2) is 0 Å². The molecular formula is C16H24O2. The van der Waals surface area contributed by atoms with Gasteiger partial charge >= 0.3 is 0 Å². The standard InChI is InChI=1S/C16H24O2/c1(4-10-16-13-18-14-16)2-7-11-17-12-15-8-5-3-6-9-15/h3,5-6,8-9,16H,1-2,4,7,10-14H2. The predicted octanol–water partition coefficient (Wildman–Crippen LogP) is 3.80. The van der Waals surface area contributed by atoms with Gasteiger partial charge in [-0.1, -0.05) is 49.6 Å². The van der Waals surface area contributed by atoms with E-state index in [1.54, 1.807) is 0 Å². The molecule has 0 bridgehead atoms. The van der Waals surface area contributed by atoms with Crippen LogP contribution in [0.2, 0.25) is 0 Å². The normalized spacial score (nSPS) is 15.6. The molecule has 0 spiro atoms. The van der Waals surface area contributed by atoms with Crippen molar-refractivity contribution in [3.8, 4) is 0 Å². The summed E-state index contributed by atoms with van der Waals surface area (Å²) >= 11 is 0. The van der Waals surface area contributed by atoms with E-state index in [2.05, 4.69) is 24.3 Å². The smallest absolute Gasteiger partial charge is 0.0716 e. The number of hydrogen-bond acceptors (Lipinski definition) is 2. The Morgan fingerprint density at radius 3 is 2.50 bits per heavy atom. The van der Waals surface area contributed by atoms with Crippen LogP contribution in [-0.2, 0) is 16.1 Å². The molecule has 0 N–H and O–H groups in total. The molecule has 0 amide bonds. The summed E-state index contributed by atoms with van der Waals surface area (Å²) in [5, 5.41) is 0. The maximum Gasteiger partial charge on any atom is 0.0716 e. The van der Waals surface area contributed by atoms with E-state index >= 15 is 0 Å². The fourth-order valence-electron chi connectivity index (χ4n) is 2.21. The third-order valence-electron chi connectivity index (χ3n) is 3.47. The summed E-state index contributed by atoms with van der Waals surface area (Å²) in [6.45, 7) is 3.64. The largest absolute Gasteiger partial charge is 0.381 e. The van der Waals surface area contributed by atoms with Crippen molar-refractivity contribution < 1.29 is 9.47 Å². The number of unbranched alkanes of at least 4 members (excludes halogenated alkanes) is 3. The van der Waals surface area contributed by atoms with Crippen molar-refractivity contribution in [1.82, 2.24) is 0 Å². The summed E-state index contributed by atoms with van der Waals surface area (Å²) in [6, 6.07) is 10.4. The van der Waals surface area contributed by atoms with Crippen LogP contribution in [-0.4, -0.2) is 19.8 Å². The summed E-state index contributed by atoms with van der Waals surface area (Å²) < 4.78 is 10.8. The van der Waals surface area contributed by atoms with Crippen molar-refractivity contribution in [2.24, 2.45) is 5.92 Å². The zero-order chi connectivity index (χ0) is 12.5. The molecule has 1 aliphatic rings. The van der Waals surface area contributed by atoms with Gasteiger partial charge in [-0.2, -0.15) is 0 Å². The van der Waals surface area contributed by atoms with E-state index in [0.717, 1.165) is 32.3 Å². The lowest BCUT2D eigenvalue weighted by molar-refractivity contribution is -0.0365. The molecule has 1 saturated heterocycles. The van der Waals surface area contributed by atoms with Gasteiger partial charge in [0.25, 0.3) is 0 Å². The van der Waals surface area contributed by atoms with Crippen molar-refractivity contribution in [3.05, 3.63) is 35.9 Å². The molecule has 1 fully saturated rings. The number of benzene rings is 1. The summed E-state index contributed by atoms with van der Waals surface area (Å²) in [5.74, 6) is 0.860. The molecule has 1 aromatic rings. The molecule has 18 heavy (non-hydrogen) atoms. The molecule has 100 valence electrons. The van der Waals surface area contributed by atoms with E-state index in [1.807, 2.05) is 6.07 Å². The molecule has 2 rings (SSSR count). The van der Waals surface area contributed by atoms with Gasteiger partial charge in [0.15, 0.2) is 0 Å². The summed E-state index contributed by atoms with van der Waals surface area (Å²) in [4.78, 5) is 0. The average molecular weight is 248 g/mol. The fourth-order valence-corrected chi connectivity index (χ4v) is 2.21. The molecule has 2 nitrogen and oxygen atoms in total. The lowest BCUT2D eigenvalue weighted by Crippen LogP contribution is -2.27. The number of rotatable bonds is 9. The highest BCUT2D eigenvalue weighted by atomic mass is 16.5. The minimum absolute atomic E-state index is 0.750. The van der Waals surface area contributed by atoms with Crippen LogP contribution in [0.3, 0.4) is 0 Å². The topological polar surface area (TPSA) is 18.5 Å². The Balaban J connectivity index is 1.37. The molecule has 1 aromatic carbocycles. The van der Waals surface area contributed by atoms with Crippen molar-refractivity contribution >= 4 is 0 Å². The van der Waals surface area contributed by atoms with Crippen molar-refractivity contribution in [2.75, 3.05) is 19.8 Å². The zero-order valence-corrected chi connectivity index (χ0v) is 11.1. The van der Waals surface area contributed by atoms with Gasteiger partial charge in [0.2, 0.25) is 0 Å². The maximum absolute atomic E-state index is 5.66. The minimum Gasteiger partial charge on any atom is -0.381 e. The van der Waals surface area contributed by atoms with E-state index in [0.29, 0.717) is 0 Å². The average Bonchev–Trinajstić information content (AvgIpc) is 2.36. The molecule has 2 heteroatoms. The molecule has 0 radical (unpaired) electrons. The van der Waals surface area contributed by atoms with Crippen LogP contribution in [0.25, 0.3) is 0 Å². The third-order valence-corrected chi connectivity index (χ3v) is 3.47. The van der Waals surface area contributed by atoms with E-state index < -0.39 is 0 Å². The first-order chi connectivity index (χ1) is 8.95. The van der Waals surface area contributed by atoms with Gasteiger partial charge in [0.1, 0.15) is 0 Å². The Hall–Kier alpha value is -0.860. The van der Waals surface area contributed by atoms with Crippen LogP contribution in [0.4, 0.5) is 0 Å².